The minimum Gasteiger partial charge on any atom is -0.371 e. The van der Waals surface area contributed by atoms with Crippen LogP contribution in [0.1, 0.15) is 22.8 Å². The molecule has 1 atom stereocenters. The number of morpholine rings is 1. The summed E-state index contributed by atoms with van der Waals surface area (Å²) in [5.74, 6) is 0. The summed E-state index contributed by atoms with van der Waals surface area (Å²) >= 11 is 0. The minimum absolute atomic E-state index is 0.193. The van der Waals surface area contributed by atoms with E-state index in [0.717, 1.165) is 19.7 Å². The summed E-state index contributed by atoms with van der Waals surface area (Å²) in [7, 11) is 0. The highest BCUT2D eigenvalue weighted by Gasteiger charge is 2.17. The lowest BCUT2D eigenvalue weighted by atomic mass is 9.98. The van der Waals surface area contributed by atoms with Gasteiger partial charge in [0.2, 0.25) is 0 Å². The lowest BCUT2D eigenvalue weighted by Crippen LogP contribution is -2.33. The molecule has 1 N–H and O–H groups in total. The van der Waals surface area contributed by atoms with Gasteiger partial charge in [0.15, 0.2) is 0 Å². The van der Waals surface area contributed by atoms with Gasteiger partial charge in [-0.15, -0.1) is 0 Å². The standard InChI is InChI=1S/C13H17NO/c1-3-11-5-4-6-12(10(11)2)13-9-14-7-8-15-13/h3-6,13-14H,1,7-9H2,2H3. The van der Waals surface area contributed by atoms with Crippen molar-refractivity contribution in [3.8, 4) is 0 Å². The molecule has 1 fully saturated rings. The summed E-state index contributed by atoms with van der Waals surface area (Å²) in [6, 6.07) is 6.29. The number of hydrogen-bond donors (Lipinski definition) is 1. The van der Waals surface area contributed by atoms with Gasteiger partial charge in [0, 0.05) is 13.1 Å². The molecule has 1 aliphatic rings. The van der Waals surface area contributed by atoms with Crippen molar-refractivity contribution in [2.75, 3.05) is 19.7 Å². The van der Waals surface area contributed by atoms with E-state index in [9.17, 15) is 0 Å². The third-order valence-corrected chi connectivity index (χ3v) is 2.91. The Hall–Kier alpha value is -1.12. The molecule has 0 spiro atoms. The summed E-state index contributed by atoms with van der Waals surface area (Å²) in [5.41, 5.74) is 3.75. The predicted molar refractivity (Wildman–Crippen MR) is 62.8 cm³/mol. The highest BCUT2D eigenvalue weighted by Crippen LogP contribution is 2.24. The molecule has 0 bridgehead atoms. The van der Waals surface area contributed by atoms with Crippen LogP contribution in [0.25, 0.3) is 6.08 Å². The molecule has 1 unspecified atom stereocenters. The van der Waals surface area contributed by atoms with Gasteiger partial charge in [-0.25, -0.2) is 0 Å². The predicted octanol–water partition coefficient (Wildman–Crippen LogP) is 2.30. The van der Waals surface area contributed by atoms with E-state index in [2.05, 4.69) is 37.0 Å². The van der Waals surface area contributed by atoms with Crippen LogP contribution in [0.3, 0.4) is 0 Å². The molecule has 1 heterocycles. The molecule has 15 heavy (non-hydrogen) atoms. The van der Waals surface area contributed by atoms with Crippen molar-refractivity contribution < 1.29 is 4.74 Å². The summed E-state index contributed by atoms with van der Waals surface area (Å²) in [4.78, 5) is 0. The molecule has 0 aliphatic carbocycles. The highest BCUT2D eigenvalue weighted by molar-refractivity contribution is 5.54. The highest BCUT2D eigenvalue weighted by atomic mass is 16.5. The third-order valence-electron chi connectivity index (χ3n) is 2.91. The molecule has 2 rings (SSSR count). The molecule has 0 radical (unpaired) electrons. The van der Waals surface area contributed by atoms with Gasteiger partial charge in [-0.05, 0) is 23.6 Å². The quantitative estimate of drug-likeness (QED) is 0.796. The van der Waals surface area contributed by atoms with Gasteiger partial charge in [0.05, 0.1) is 12.7 Å². The number of hydrogen-bond acceptors (Lipinski definition) is 2. The first-order valence-electron chi connectivity index (χ1n) is 5.37. The van der Waals surface area contributed by atoms with Crippen LogP contribution in [0.15, 0.2) is 24.8 Å². The Balaban J connectivity index is 2.30. The molecule has 80 valence electrons. The van der Waals surface area contributed by atoms with E-state index in [1.54, 1.807) is 0 Å². The summed E-state index contributed by atoms with van der Waals surface area (Å²) in [6.45, 7) is 8.60. The zero-order valence-electron chi connectivity index (χ0n) is 9.12. The van der Waals surface area contributed by atoms with Gasteiger partial charge in [-0.2, -0.15) is 0 Å². The Labute approximate surface area is 91.0 Å². The first kappa shape index (κ1) is 10.4. The molecule has 1 aliphatic heterocycles. The Morgan fingerprint density at radius 1 is 1.53 bits per heavy atom. The van der Waals surface area contributed by atoms with Gasteiger partial charge in [-0.1, -0.05) is 30.9 Å². The Morgan fingerprint density at radius 3 is 3.07 bits per heavy atom. The molecule has 0 saturated carbocycles. The van der Waals surface area contributed by atoms with E-state index < -0.39 is 0 Å². The van der Waals surface area contributed by atoms with Crippen molar-refractivity contribution in [3.05, 3.63) is 41.5 Å². The van der Waals surface area contributed by atoms with E-state index >= 15 is 0 Å². The molecular weight excluding hydrogens is 186 g/mol. The molecule has 0 aromatic heterocycles. The first-order valence-corrected chi connectivity index (χ1v) is 5.37. The maximum Gasteiger partial charge on any atom is 0.0952 e. The van der Waals surface area contributed by atoms with Crippen molar-refractivity contribution >= 4 is 6.08 Å². The van der Waals surface area contributed by atoms with Crippen molar-refractivity contribution in [2.45, 2.75) is 13.0 Å². The lowest BCUT2D eigenvalue weighted by molar-refractivity contribution is 0.0273. The van der Waals surface area contributed by atoms with Crippen molar-refractivity contribution in [2.24, 2.45) is 0 Å². The average Bonchev–Trinajstić information content (AvgIpc) is 2.30. The van der Waals surface area contributed by atoms with Crippen LogP contribution in [0.5, 0.6) is 0 Å². The fraction of sp³-hybridized carbons (Fsp3) is 0.385. The summed E-state index contributed by atoms with van der Waals surface area (Å²) in [6.07, 6.45) is 2.09. The van der Waals surface area contributed by atoms with Gasteiger partial charge in [0.1, 0.15) is 0 Å². The smallest absolute Gasteiger partial charge is 0.0952 e. The summed E-state index contributed by atoms with van der Waals surface area (Å²) in [5, 5.41) is 3.35. The van der Waals surface area contributed by atoms with Gasteiger partial charge in [-0.3, -0.25) is 0 Å². The number of rotatable bonds is 2. The Bertz CT molecular complexity index is 354. The molecular formula is C13H17NO. The van der Waals surface area contributed by atoms with Crippen LogP contribution in [0.4, 0.5) is 0 Å². The van der Waals surface area contributed by atoms with Crippen molar-refractivity contribution in [1.29, 1.82) is 0 Å². The molecule has 1 aromatic carbocycles. The van der Waals surface area contributed by atoms with Crippen LogP contribution >= 0.6 is 0 Å². The largest absolute Gasteiger partial charge is 0.371 e. The van der Waals surface area contributed by atoms with Crippen LogP contribution < -0.4 is 5.32 Å². The van der Waals surface area contributed by atoms with E-state index in [1.165, 1.54) is 16.7 Å². The second-order valence-electron chi connectivity index (χ2n) is 3.83. The van der Waals surface area contributed by atoms with Crippen molar-refractivity contribution in [1.82, 2.24) is 5.32 Å². The second-order valence-corrected chi connectivity index (χ2v) is 3.83. The van der Waals surface area contributed by atoms with Crippen LogP contribution in [-0.2, 0) is 4.74 Å². The van der Waals surface area contributed by atoms with Gasteiger partial charge in [0.25, 0.3) is 0 Å². The van der Waals surface area contributed by atoms with Gasteiger partial charge < -0.3 is 10.1 Å². The molecule has 1 saturated heterocycles. The topological polar surface area (TPSA) is 21.3 Å². The van der Waals surface area contributed by atoms with Crippen molar-refractivity contribution in [3.63, 3.8) is 0 Å². The normalized spacial score (nSPS) is 21.3. The Morgan fingerprint density at radius 2 is 2.40 bits per heavy atom. The fourth-order valence-electron chi connectivity index (χ4n) is 2.01. The maximum atomic E-state index is 5.75. The van der Waals surface area contributed by atoms with E-state index in [0.29, 0.717) is 0 Å². The van der Waals surface area contributed by atoms with Crippen LogP contribution in [-0.4, -0.2) is 19.7 Å². The first-order chi connectivity index (χ1) is 7.33. The second kappa shape index (κ2) is 4.60. The van der Waals surface area contributed by atoms with Crippen LogP contribution in [0, 0.1) is 6.92 Å². The Kier molecular flexibility index (Phi) is 3.19. The van der Waals surface area contributed by atoms with Crippen LogP contribution in [0.2, 0.25) is 0 Å². The maximum absolute atomic E-state index is 5.75. The average molecular weight is 203 g/mol. The zero-order chi connectivity index (χ0) is 10.7. The zero-order valence-corrected chi connectivity index (χ0v) is 9.12. The number of nitrogens with one attached hydrogen (secondary N) is 1. The van der Waals surface area contributed by atoms with E-state index in [1.807, 2.05) is 6.08 Å². The van der Waals surface area contributed by atoms with Gasteiger partial charge >= 0.3 is 0 Å². The molecule has 0 amide bonds. The molecule has 2 heteroatoms. The van der Waals surface area contributed by atoms with E-state index in [4.69, 9.17) is 4.74 Å². The number of ether oxygens (including phenoxy) is 1. The number of benzene rings is 1. The minimum atomic E-state index is 0.193. The molecule has 1 aromatic rings. The monoisotopic (exact) mass is 203 g/mol. The fourth-order valence-corrected chi connectivity index (χ4v) is 2.01. The third kappa shape index (κ3) is 2.11. The SMILES string of the molecule is C=Cc1cccc(C2CNCCO2)c1C. The van der Waals surface area contributed by atoms with E-state index in [-0.39, 0.29) is 6.10 Å². The summed E-state index contributed by atoms with van der Waals surface area (Å²) < 4.78 is 5.75. The lowest BCUT2D eigenvalue weighted by Gasteiger charge is -2.25. The molecule has 2 nitrogen and oxygen atoms in total.